The molecule has 0 radical (unpaired) electrons. The zero-order chi connectivity index (χ0) is 11.5. The van der Waals surface area contributed by atoms with E-state index >= 15 is 0 Å². The van der Waals surface area contributed by atoms with Crippen LogP contribution in [0.4, 0.5) is 0 Å². The van der Waals surface area contributed by atoms with Gasteiger partial charge in [0.05, 0.1) is 19.9 Å². The summed E-state index contributed by atoms with van der Waals surface area (Å²) in [6.45, 7) is 2.18. The molecule has 1 fully saturated rings. The Morgan fingerprint density at radius 1 is 1.50 bits per heavy atom. The molecule has 0 spiro atoms. The van der Waals surface area contributed by atoms with Crippen LogP contribution >= 0.6 is 0 Å². The average Bonchev–Trinajstić information content (AvgIpc) is 3.09. The van der Waals surface area contributed by atoms with E-state index in [1.165, 1.54) is 26.0 Å². The molecule has 16 heavy (non-hydrogen) atoms. The predicted molar refractivity (Wildman–Crippen MR) is 59.0 cm³/mol. The van der Waals surface area contributed by atoms with Crippen molar-refractivity contribution in [2.24, 2.45) is 5.92 Å². The van der Waals surface area contributed by atoms with Crippen LogP contribution in [0, 0.1) is 5.92 Å². The Labute approximate surface area is 94.6 Å². The van der Waals surface area contributed by atoms with Crippen LogP contribution in [0.5, 0.6) is 11.5 Å². The van der Waals surface area contributed by atoms with Gasteiger partial charge in [-0.2, -0.15) is 0 Å². The summed E-state index contributed by atoms with van der Waals surface area (Å²) in [5.41, 5.74) is 0.409. The van der Waals surface area contributed by atoms with Crippen LogP contribution in [-0.2, 0) is 0 Å². The Morgan fingerprint density at radius 2 is 2.25 bits per heavy atom. The Morgan fingerprint density at radius 3 is 2.81 bits per heavy atom. The normalized spacial score (nSPS) is 14.6. The lowest BCUT2D eigenvalue weighted by Crippen LogP contribution is -2.04. The van der Waals surface area contributed by atoms with Gasteiger partial charge in [-0.05, 0) is 18.8 Å². The van der Waals surface area contributed by atoms with Gasteiger partial charge in [0.25, 0.3) is 0 Å². The average molecular weight is 221 g/mol. The van der Waals surface area contributed by atoms with E-state index in [2.05, 4.69) is 4.98 Å². The molecular formula is C12H15NO3. The summed E-state index contributed by atoms with van der Waals surface area (Å²) in [6.07, 6.45) is 3.99. The molecule has 1 heterocycles. The topological polar surface area (TPSA) is 48.4 Å². The first-order chi connectivity index (χ1) is 7.70. The zero-order valence-electron chi connectivity index (χ0n) is 9.53. The van der Waals surface area contributed by atoms with Crippen LogP contribution in [-0.4, -0.2) is 24.5 Å². The van der Waals surface area contributed by atoms with Crippen LogP contribution in [0.2, 0.25) is 0 Å². The maximum Gasteiger partial charge on any atom is 0.179 e. The van der Waals surface area contributed by atoms with E-state index < -0.39 is 0 Å². The number of nitrogens with zero attached hydrogens (tertiary/aromatic N) is 1. The molecule has 0 amide bonds. The van der Waals surface area contributed by atoms with Crippen LogP contribution in [0.3, 0.4) is 0 Å². The largest absolute Gasteiger partial charge is 0.491 e. The molecule has 1 aliphatic carbocycles. The molecule has 0 N–H and O–H groups in total. The highest BCUT2D eigenvalue weighted by Crippen LogP contribution is 2.32. The molecule has 86 valence electrons. The van der Waals surface area contributed by atoms with Crippen molar-refractivity contribution in [3.63, 3.8) is 0 Å². The summed E-state index contributed by atoms with van der Waals surface area (Å²) in [5, 5.41) is 0. The highest BCUT2D eigenvalue weighted by atomic mass is 16.5. The highest BCUT2D eigenvalue weighted by molar-refractivity contribution is 5.92. The zero-order valence-corrected chi connectivity index (χ0v) is 9.53. The van der Waals surface area contributed by atoms with Gasteiger partial charge >= 0.3 is 0 Å². The third-order valence-corrected chi connectivity index (χ3v) is 2.58. The third kappa shape index (κ3) is 2.51. The number of Topliss-reactive ketones (excluding diaryl/α,β-unsaturated/α-hetero) is 1. The van der Waals surface area contributed by atoms with Gasteiger partial charge in [0.1, 0.15) is 5.69 Å². The summed E-state index contributed by atoms with van der Waals surface area (Å²) < 4.78 is 10.8. The lowest BCUT2D eigenvalue weighted by molar-refractivity contribution is 0.101. The van der Waals surface area contributed by atoms with Gasteiger partial charge in [0.2, 0.25) is 0 Å². The minimum atomic E-state index is -0.0704. The van der Waals surface area contributed by atoms with Crippen LogP contribution in [0.1, 0.15) is 30.3 Å². The molecule has 0 unspecified atom stereocenters. The van der Waals surface area contributed by atoms with Crippen LogP contribution in [0.25, 0.3) is 0 Å². The quantitative estimate of drug-likeness (QED) is 0.714. The smallest absolute Gasteiger partial charge is 0.179 e. The van der Waals surface area contributed by atoms with Crippen molar-refractivity contribution in [2.45, 2.75) is 19.8 Å². The SMILES string of the molecule is COc1cnc(C(C)=O)cc1OCC1CC1. The van der Waals surface area contributed by atoms with Gasteiger partial charge < -0.3 is 9.47 Å². The summed E-state index contributed by atoms with van der Waals surface area (Å²) >= 11 is 0. The van der Waals surface area contributed by atoms with Gasteiger partial charge in [-0.3, -0.25) is 4.79 Å². The number of carbonyl (C=O) groups excluding carboxylic acids is 1. The summed E-state index contributed by atoms with van der Waals surface area (Å²) in [4.78, 5) is 15.2. The minimum Gasteiger partial charge on any atom is -0.491 e. The molecule has 0 aliphatic heterocycles. The molecule has 0 bridgehead atoms. The van der Waals surface area contributed by atoms with E-state index in [0.29, 0.717) is 29.7 Å². The summed E-state index contributed by atoms with van der Waals surface area (Å²) in [7, 11) is 1.56. The van der Waals surface area contributed by atoms with E-state index in [-0.39, 0.29) is 5.78 Å². The van der Waals surface area contributed by atoms with E-state index in [0.717, 1.165) is 0 Å². The number of aromatic nitrogens is 1. The van der Waals surface area contributed by atoms with Gasteiger partial charge in [0.15, 0.2) is 17.3 Å². The van der Waals surface area contributed by atoms with Crippen molar-refractivity contribution < 1.29 is 14.3 Å². The van der Waals surface area contributed by atoms with Gasteiger partial charge in [-0.1, -0.05) is 0 Å². The lowest BCUT2D eigenvalue weighted by atomic mass is 10.2. The molecular weight excluding hydrogens is 206 g/mol. The number of carbonyl (C=O) groups is 1. The number of ketones is 1. The number of hydrogen-bond donors (Lipinski definition) is 0. The predicted octanol–water partition coefficient (Wildman–Crippen LogP) is 2.08. The fourth-order valence-electron chi connectivity index (χ4n) is 1.38. The second-order valence-corrected chi connectivity index (χ2v) is 4.03. The molecule has 1 saturated carbocycles. The van der Waals surface area contributed by atoms with Crippen molar-refractivity contribution in [2.75, 3.05) is 13.7 Å². The Kier molecular flexibility index (Phi) is 3.08. The van der Waals surface area contributed by atoms with E-state index in [1.54, 1.807) is 13.2 Å². The van der Waals surface area contributed by atoms with Gasteiger partial charge in [-0.25, -0.2) is 4.98 Å². The molecule has 0 atom stereocenters. The first-order valence-corrected chi connectivity index (χ1v) is 5.38. The third-order valence-electron chi connectivity index (χ3n) is 2.58. The monoisotopic (exact) mass is 221 g/mol. The van der Waals surface area contributed by atoms with E-state index in [1.807, 2.05) is 0 Å². The van der Waals surface area contributed by atoms with E-state index in [4.69, 9.17) is 9.47 Å². The summed E-state index contributed by atoms with van der Waals surface area (Å²) in [6, 6.07) is 1.64. The lowest BCUT2D eigenvalue weighted by Gasteiger charge is -2.10. The molecule has 2 rings (SSSR count). The number of ether oxygens (including phenoxy) is 2. The van der Waals surface area contributed by atoms with Crippen molar-refractivity contribution in [3.8, 4) is 11.5 Å². The second-order valence-electron chi connectivity index (χ2n) is 4.03. The van der Waals surface area contributed by atoms with Crippen molar-refractivity contribution in [1.82, 2.24) is 4.98 Å². The molecule has 0 aromatic carbocycles. The van der Waals surface area contributed by atoms with Gasteiger partial charge in [0, 0.05) is 13.0 Å². The number of pyridine rings is 1. The van der Waals surface area contributed by atoms with Crippen molar-refractivity contribution in [1.29, 1.82) is 0 Å². The van der Waals surface area contributed by atoms with E-state index in [9.17, 15) is 4.79 Å². The van der Waals surface area contributed by atoms with Crippen LogP contribution < -0.4 is 9.47 Å². The molecule has 1 aromatic rings. The Hall–Kier alpha value is -1.58. The Bertz CT molecular complexity index is 399. The van der Waals surface area contributed by atoms with Gasteiger partial charge in [-0.15, -0.1) is 0 Å². The number of rotatable bonds is 5. The maximum absolute atomic E-state index is 11.2. The van der Waals surface area contributed by atoms with Crippen LogP contribution in [0.15, 0.2) is 12.3 Å². The number of methoxy groups -OCH3 is 1. The second kappa shape index (κ2) is 4.51. The first kappa shape index (κ1) is 10.9. The number of hydrogen-bond acceptors (Lipinski definition) is 4. The first-order valence-electron chi connectivity index (χ1n) is 5.38. The molecule has 1 aliphatic rings. The summed E-state index contributed by atoms with van der Waals surface area (Å²) in [5.74, 6) is 1.78. The molecule has 0 saturated heterocycles. The van der Waals surface area contributed by atoms with Crippen molar-refractivity contribution in [3.05, 3.63) is 18.0 Å². The van der Waals surface area contributed by atoms with Crippen molar-refractivity contribution >= 4 is 5.78 Å². The Balaban J connectivity index is 2.16. The maximum atomic E-state index is 11.2. The molecule has 1 aromatic heterocycles. The minimum absolute atomic E-state index is 0.0704. The fraction of sp³-hybridized carbons (Fsp3) is 0.500. The fourth-order valence-corrected chi connectivity index (χ4v) is 1.38. The highest BCUT2D eigenvalue weighted by Gasteiger charge is 2.22. The molecule has 4 nitrogen and oxygen atoms in total. The standard InChI is InChI=1S/C12H15NO3/c1-8(14)10-5-11(12(15-2)6-13-10)16-7-9-3-4-9/h5-6,9H,3-4,7H2,1-2H3. The molecule has 4 heteroatoms.